The first-order valence-corrected chi connectivity index (χ1v) is 38.9. The second-order valence-corrected chi connectivity index (χ2v) is 26.7. The SMILES string of the molecule is CCCC/C=C\CCCCCCCC(=O)OCCCCCCCCCCCCCCCCC/C=C\C/C=C\CCCCCCCCCCCCCCCCCCCC(=O)NC(CO)C(O)/C=C/CCCCCCCCCCCCCCCCCCC. The molecular weight excluding hydrogens is 1050 g/mol. The smallest absolute Gasteiger partial charge is 0.305 e. The Morgan fingerprint density at radius 1 is 0.326 bits per heavy atom. The molecule has 506 valence electrons. The number of ether oxygens (including phenoxy) is 1. The third-order valence-electron chi connectivity index (χ3n) is 18.1. The summed E-state index contributed by atoms with van der Waals surface area (Å²) < 4.78 is 5.47. The molecule has 0 rings (SSSR count). The molecule has 0 aliphatic carbocycles. The molecule has 0 saturated heterocycles. The van der Waals surface area contributed by atoms with Crippen molar-refractivity contribution in [1.82, 2.24) is 5.32 Å². The maximum Gasteiger partial charge on any atom is 0.305 e. The molecule has 0 heterocycles. The molecule has 6 heteroatoms. The molecule has 6 nitrogen and oxygen atoms in total. The van der Waals surface area contributed by atoms with Crippen molar-refractivity contribution >= 4 is 11.9 Å². The van der Waals surface area contributed by atoms with Gasteiger partial charge in [-0.3, -0.25) is 9.59 Å². The highest BCUT2D eigenvalue weighted by Crippen LogP contribution is 2.19. The first kappa shape index (κ1) is 83.8. The summed E-state index contributed by atoms with van der Waals surface area (Å²) in [7, 11) is 0. The Morgan fingerprint density at radius 2 is 0.593 bits per heavy atom. The molecular formula is C80H151NO5. The van der Waals surface area contributed by atoms with Crippen molar-refractivity contribution in [3.63, 3.8) is 0 Å². The van der Waals surface area contributed by atoms with E-state index in [1.807, 2.05) is 6.08 Å². The summed E-state index contributed by atoms with van der Waals surface area (Å²) in [6.45, 7) is 4.90. The standard InChI is InChI=1S/C80H151NO5/c1-3-5-7-9-11-13-15-16-17-18-40-43-46-49-53-56-60-64-68-72-78(83)77(76-82)81-79(84)73-69-65-61-57-54-50-47-44-41-38-36-34-32-30-28-26-24-22-20-19-21-23-25-27-29-31-33-35-37-39-42-45-48-51-55-59-63-67-71-75-86-80(85)74-70-66-62-58-52-14-12-10-8-6-4-2/h10,12,19-20,23,25,68,72,77-78,82-83H,3-9,11,13-18,21-22,24,26-67,69-71,73-76H2,1-2H3,(H,81,84)/b12-10-,20-19-,25-23-,72-68+. The summed E-state index contributed by atoms with van der Waals surface area (Å²) in [6.07, 6.45) is 99.5. The maximum atomic E-state index is 12.5. The van der Waals surface area contributed by atoms with Gasteiger partial charge in [-0.15, -0.1) is 0 Å². The number of nitrogens with one attached hydrogen (secondary N) is 1. The molecule has 0 aromatic rings. The van der Waals surface area contributed by atoms with Gasteiger partial charge in [-0.1, -0.05) is 377 Å². The van der Waals surface area contributed by atoms with E-state index in [-0.39, 0.29) is 18.5 Å². The molecule has 0 aromatic heterocycles. The fraction of sp³-hybridized carbons (Fsp3) is 0.875. The predicted molar refractivity (Wildman–Crippen MR) is 379 cm³/mol. The quantitative estimate of drug-likeness (QED) is 0.0320. The van der Waals surface area contributed by atoms with Gasteiger partial charge in [0.25, 0.3) is 0 Å². The van der Waals surface area contributed by atoms with Crippen molar-refractivity contribution in [2.24, 2.45) is 0 Å². The van der Waals surface area contributed by atoms with Crippen LogP contribution in [0, 0.1) is 0 Å². The number of rotatable bonds is 73. The molecule has 0 spiro atoms. The minimum absolute atomic E-state index is 0.00919. The van der Waals surface area contributed by atoms with Crippen LogP contribution in [0.2, 0.25) is 0 Å². The zero-order valence-electron chi connectivity index (χ0n) is 58.1. The molecule has 2 unspecified atom stereocenters. The number of hydrogen-bond acceptors (Lipinski definition) is 5. The lowest BCUT2D eigenvalue weighted by atomic mass is 10.0. The third-order valence-corrected chi connectivity index (χ3v) is 18.1. The van der Waals surface area contributed by atoms with Crippen molar-refractivity contribution in [3.8, 4) is 0 Å². The average Bonchev–Trinajstić information content (AvgIpc) is 3.59. The van der Waals surface area contributed by atoms with Crippen LogP contribution >= 0.6 is 0 Å². The van der Waals surface area contributed by atoms with Crippen LogP contribution in [0.5, 0.6) is 0 Å². The molecule has 0 bridgehead atoms. The molecule has 0 aliphatic heterocycles. The van der Waals surface area contributed by atoms with Gasteiger partial charge >= 0.3 is 5.97 Å². The van der Waals surface area contributed by atoms with Crippen molar-refractivity contribution in [1.29, 1.82) is 0 Å². The Morgan fingerprint density at radius 3 is 0.930 bits per heavy atom. The van der Waals surface area contributed by atoms with E-state index in [0.29, 0.717) is 19.4 Å². The van der Waals surface area contributed by atoms with E-state index in [4.69, 9.17) is 4.74 Å². The van der Waals surface area contributed by atoms with Crippen LogP contribution in [-0.4, -0.2) is 47.4 Å². The first-order valence-electron chi connectivity index (χ1n) is 38.9. The zero-order valence-corrected chi connectivity index (χ0v) is 58.1. The molecule has 2 atom stereocenters. The van der Waals surface area contributed by atoms with E-state index in [1.165, 1.54) is 347 Å². The van der Waals surface area contributed by atoms with Crippen LogP contribution < -0.4 is 5.32 Å². The van der Waals surface area contributed by atoms with Crippen LogP contribution in [0.25, 0.3) is 0 Å². The van der Waals surface area contributed by atoms with Crippen molar-refractivity contribution in [2.45, 2.75) is 437 Å². The number of esters is 1. The lowest BCUT2D eigenvalue weighted by Gasteiger charge is -2.20. The highest BCUT2D eigenvalue weighted by atomic mass is 16.5. The summed E-state index contributed by atoms with van der Waals surface area (Å²) >= 11 is 0. The van der Waals surface area contributed by atoms with Gasteiger partial charge in [0.15, 0.2) is 0 Å². The highest BCUT2D eigenvalue weighted by Gasteiger charge is 2.18. The number of aliphatic hydroxyl groups excluding tert-OH is 2. The normalized spacial score (nSPS) is 12.7. The monoisotopic (exact) mass is 1210 g/mol. The van der Waals surface area contributed by atoms with Gasteiger partial charge in [-0.2, -0.15) is 0 Å². The van der Waals surface area contributed by atoms with E-state index in [0.717, 1.165) is 51.4 Å². The van der Waals surface area contributed by atoms with Gasteiger partial charge in [-0.25, -0.2) is 0 Å². The topological polar surface area (TPSA) is 95.9 Å². The number of unbranched alkanes of at least 4 members (excludes halogenated alkanes) is 56. The van der Waals surface area contributed by atoms with Crippen LogP contribution in [0.15, 0.2) is 48.6 Å². The van der Waals surface area contributed by atoms with Crippen LogP contribution in [0.1, 0.15) is 425 Å². The predicted octanol–water partition coefficient (Wildman–Crippen LogP) is 25.6. The van der Waals surface area contributed by atoms with Crippen molar-refractivity contribution < 1.29 is 24.5 Å². The van der Waals surface area contributed by atoms with Crippen LogP contribution in [0.4, 0.5) is 0 Å². The minimum Gasteiger partial charge on any atom is -0.466 e. The Bertz CT molecular complexity index is 1440. The molecule has 1 amide bonds. The number of hydrogen-bond donors (Lipinski definition) is 3. The summed E-state index contributed by atoms with van der Waals surface area (Å²) in [4.78, 5) is 24.5. The Balaban J connectivity index is 3.38. The van der Waals surface area contributed by atoms with Gasteiger partial charge in [0.05, 0.1) is 25.4 Å². The minimum atomic E-state index is -0.843. The molecule has 0 saturated carbocycles. The Hall–Kier alpha value is -2.18. The summed E-state index contributed by atoms with van der Waals surface area (Å²) in [5.41, 5.74) is 0. The zero-order chi connectivity index (χ0) is 62.0. The van der Waals surface area contributed by atoms with Gasteiger partial charge < -0.3 is 20.3 Å². The van der Waals surface area contributed by atoms with E-state index in [9.17, 15) is 19.8 Å². The molecule has 3 N–H and O–H groups in total. The number of carbonyl (C=O) groups excluding carboxylic acids is 2. The maximum absolute atomic E-state index is 12.5. The first-order chi connectivity index (χ1) is 42.5. The summed E-state index contributed by atoms with van der Waals surface area (Å²) in [5.74, 6) is -0.0521. The van der Waals surface area contributed by atoms with E-state index < -0.39 is 12.1 Å². The van der Waals surface area contributed by atoms with E-state index in [1.54, 1.807) is 6.08 Å². The van der Waals surface area contributed by atoms with E-state index >= 15 is 0 Å². The second-order valence-electron chi connectivity index (χ2n) is 26.7. The van der Waals surface area contributed by atoms with Gasteiger partial charge in [0, 0.05) is 12.8 Å². The van der Waals surface area contributed by atoms with Gasteiger partial charge in [-0.05, 0) is 83.5 Å². The largest absolute Gasteiger partial charge is 0.466 e. The lowest BCUT2D eigenvalue weighted by Crippen LogP contribution is -2.45. The van der Waals surface area contributed by atoms with Gasteiger partial charge in [0.1, 0.15) is 0 Å². The van der Waals surface area contributed by atoms with Gasteiger partial charge in [0.2, 0.25) is 5.91 Å². The van der Waals surface area contributed by atoms with Crippen LogP contribution in [0.3, 0.4) is 0 Å². The molecule has 0 aliphatic rings. The van der Waals surface area contributed by atoms with Crippen LogP contribution in [-0.2, 0) is 14.3 Å². The Kier molecular flexibility index (Phi) is 73.4. The molecule has 86 heavy (non-hydrogen) atoms. The van der Waals surface area contributed by atoms with E-state index in [2.05, 4.69) is 55.6 Å². The second kappa shape index (κ2) is 75.3. The van der Waals surface area contributed by atoms with Crippen molar-refractivity contribution in [3.05, 3.63) is 48.6 Å². The molecule has 0 radical (unpaired) electrons. The summed E-state index contributed by atoms with van der Waals surface area (Å²) in [5, 5.41) is 23.3. The number of aliphatic hydroxyl groups is 2. The average molecular weight is 1210 g/mol. The number of carbonyl (C=O) groups is 2. The number of allylic oxidation sites excluding steroid dienone is 7. The van der Waals surface area contributed by atoms with Crippen molar-refractivity contribution in [2.75, 3.05) is 13.2 Å². The third kappa shape index (κ3) is 70.9. The fourth-order valence-electron chi connectivity index (χ4n) is 12.1. The highest BCUT2D eigenvalue weighted by molar-refractivity contribution is 5.76. The molecule has 0 fully saturated rings. The summed E-state index contributed by atoms with van der Waals surface area (Å²) in [6, 6.07) is -0.627. The Labute approximate surface area is 537 Å². The fourth-order valence-corrected chi connectivity index (χ4v) is 12.1. The molecule has 0 aromatic carbocycles. The number of amides is 1. The lowest BCUT2D eigenvalue weighted by molar-refractivity contribution is -0.143.